The molecule has 1 aromatic carbocycles. The van der Waals surface area contributed by atoms with E-state index in [2.05, 4.69) is 13.8 Å². The van der Waals surface area contributed by atoms with Crippen molar-refractivity contribution in [1.29, 1.82) is 0 Å². The van der Waals surface area contributed by atoms with Gasteiger partial charge >= 0.3 is 5.97 Å². The van der Waals surface area contributed by atoms with Crippen LogP contribution in [0, 0.1) is 5.92 Å². The molecule has 0 N–H and O–H groups in total. The summed E-state index contributed by atoms with van der Waals surface area (Å²) in [4.78, 5) is 12.1. The zero-order chi connectivity index (χ0) is 16.0. The van der Waals surface area contributed by atoms with Crippen molar-refractivity contribution < 1.29 is 9.53 Å². The summed E-state index contributed by atoms with van der Waals surface area (Å²) in [6.07, 6.45) is 4.24. The summed E-state index contributed by atoms with van der Waals surface area (Å²) in [5, 5.41) is 0.443. The van der Waals surface area contributed by atoms with Gasteiger partial charge in [-0.2, -0.15) is 0 Å². The highest BCUT2D eigenvalue weighted by molar-refractivity contribution is 6.52. The maximum atomic E-state index is 12.1. The highest BCUT2D eigenvalue weighted by Crippen LogP contribution is 2.38. The second-order valence-electron chi connectivity index (χ2n) is 4.86. The molecular formula is C15H18Cl4O2. The van der Waals surface area contributed by atoms with Gasteiger partial charge in [-0.25, -0.2) is 4.79 Å². The van der Waals surface area contributed by atoms with Crippen molar-refractivity contribution in [3.05, 3.63) is 31.7 Å². The number of halogens is 4. The Balaban J connectivity index is 2.76. The molecule has 1 rings (SSSR count). The van der Waals surface area contributed by atoms with Gasteiger partial charge in [0, 0.05) is 0 Å². The first-order chi connectivity index (χ1) is 9.92. The van der Waals surface area contributed by atoms with Crippen LogP contribution in [0.2, 0.25) is 20.1 Å². The molecule has 0 spiro atoms. The Labute approximate surface area is 145 Å². The van der Waals surface area contributed by atoms with Gasteiger partial charge in [0.2, 0.25) is 0 Å². The number of benzene rings is 1. The maximum absolute atomic E-state index is 12.1. The van der Waals surface area contributed by atoms with Crippen LogP contribution in [-0.4, -0.2) is 12.6 Å². The third-order valence-corrected chi connectivity index (χ3v) is 5.07. The lowest BCUT2D eigenvalue weighted by Gasteiger charge is -2.15. The second-order valence-corrected chi connectivity index (χ2v) is 6.40. The number of hydrogen-bond acceptors (Lipinski definition) is 2. The molecule has 0 fully saturated rings. The number of hydrogen-bond donors (Lipinski definition) is 0. The number of carbonyl (C=O) groups excluding carboxylic acids is 1. The van der Waals surface area contributed by atoms with E-state index in [1.54, 1.807) is 0 Å². The maximum Gasteiger partial charge on any atom is 0.339 e. The standard InChI is InChI=1S/C15H18Cl4O2/c1-3-5-6-9(4-2)8-21-15(20)10-7-11(16)13(18)14(19)12(10)17/h7,9H,3-6,8H2,1-2H3. The fourth-order valence-corrected chi connectivity index (χ4v) is 2.77. The van der Waals surface area contributed by atoms with Crippen molar-refractivity contribution in [3.8, 4) is 0 Å². The summed E-state index contributed by atoms with van der Waals surface area (Å²) in [6.45, 7) is 4.58. The Hall–Kier alpha value is -0.150. The van der Waals surface area contributed by atoms with Gasteiger partial charge in [-0.1, -0.05) is 79.5 Å². The molecule has 0 aliphatic rings. The average molecular weight is 372 g/mol. The molecule has 21 heavy (non-hydrogen) atoms. The van der Waals surface area contributed by atoms with E-state index in [4.69, 9.17) is 51.1 Å². The van der Waals surface area contributed by atoms with Crippen molar-refractivity contribution in [3.63, 3.8) is 0 Å². The molecule has 1 unspecified atom stereocenters. The van der Waals surface area contributed by atoms with Gasteiger partial charge in [0.1, 0.15) is 0 Å². The SMILES string of the molecule is CCCCC(CC)COC(=O)c1cc(Cl)c(Cl)c(Cl)c1Cl. The Bertz CT molecular complexity index is 503. The second kappa shape index (κ2) is 9.09. The van der Waals surface area contributed by atoms with Crippen LogP contribution in [0.15, 0.2) is 6.07 Å². The first-order valence-corrected chi connectivity index (χ1v) is 8.43. The molecule has 0 heterocycles. The minimum absolute atomic E-state index is 0.0656. The van der Waals surface area contributed by atoms with E-state index in [-0.39, 0.29) is 25.7 Å². The third-order valence-electron chi connectivity index (χ3n) is 3.32. The quantitative estimate of drug-likeness (QED) is 0.303. The van der Waals surface area contributed by atoms with Gasteiger partial charge in [0.05, 0.1) is 32.3 Å². The Morgan fingerprint density at radius 3 is 2.38 bits per heavy atom. The van der Waals surface area contributed by atoms with Crippen LogP contribution in [-0.2, 0) is 4.74 Å². The Morgan fingerprint density at radius 1 is 1.14 bits per heavy atom. The normalized spacial score (nSPS) is 12.3. The fourth-order valence-electron chi connectivity index (χ4n) is 1.89. The lowest BCUT2D eigenvalue weighted by atomic mass is 10.0. The molecule has 0 radical (unpaired) electrons. The fraction of sp³-hybridized carbons (Fsp3) is 0.533. The van der Waals surface area contributed by atoms with E-state index in [9.17, 15) is 4.79 Å². The zero-order valence-corrected chi connectivity index (χ0v) is 15.0. The summed E-state index contributed by atoms with van der Waals surface area (Å²) >= 11 is 23.7. The molecule has 0 saturated heterocycles. The van der Waals surface area contributed by atoms with Gasteiger partial charge < -0.3 is 4.74 Å². The lowest BCUT2D eigenvalue weighted by Crippen LogP contribution is -2.14. The molecule has 2 nitrogen and oxygen atoms in total. The minimum Gasteiger partial charge on any atom is -0.462 e. The molecule has 0 aromatic heterocycles. The van der Waals surface area contributed by atoms with Crippen LogP contribution in [0.3, 0.4) is 0 Å². The van der Waals surface area contributed by atoms with E-state index in [1.807, 2.05) is 0 Å². The lowest BCUT2D eigenvalue weighted by molar-refractivity contribution is 0.0428. The van der Waals surface area contributed by atoms with E-state index < -0.39 is 5.97 Å². The monoisotopic (exact) mass is 370 g/mol. The van der Waals surface area contributed by atoms with Crippen LogP contribution < -0.4 is 0 Å². The first kappa shape index (κ1) is 18.9. The molecule has 118 valence electrons. The topological polar surface area (TPSA) is 26.3 Å². The van der Waals surface area contributed by atoms with Crippen molar-refractivity contribution in [2.24, 2.45) is 5.92 Å². The molecule has 6 heteroatoms. The van der Waals surface area contributed by atoms with Crippen molar-refractivity contribution in [1.82, 2.24) is 0 Å². The number of carbonyl (C=O) groups is 1. The van der Waals surface area contributed by atoms with Gasteiger partial charge in [-0.15, -0.1) is 0 Å². The summed E-state index contributed by atoms with van der Waals surface area (Å²) in [5.41, 5.74) is 0.140. The van der Waals surface area contributed by atoms with Crippen LogP contribution in [0.1, 0.15) is 49.9 Å². The molecule has 0 aliphatic carbocycles. The smallest absolute Gasteiger partial charge is 0.339 e. The molecule has 0 saturated carbocycles. The number of unbranched alkanes of at least 4 members (excludes halogenated alkanes) is 1. The van der Waals surface area contributed by atoms with E-state index in [0.29, 0.717) is 12.5 Å². The molecular weight excluding hydrogens is 354 g/mol. The van der Waals surface area contributed by atoms with Crippen LogP contribution in [0.5, 0.6) is 0 Å². The van der Waals surface area contributed by atoms with Gasteiger partial charge in [0.15, 0.2) is 0 Å². The molecule has 0 amide bonds. The van der Waals surface area contributed by atoms with Crippen molar-refractivity contribution in [2.45, 2.75) is 39.5 Å². The van der Waals surface area contributed by atoms with Crippen LogP contribution in [0.25, 0.3) is 0 Å². The van der Waals surface area contributed by atoms with Gasteiger partial charge in [-0.3, -0.25) is 0 Å². The van der Waals surface area contributed by atoms with E-state index >= 15 is 0 Å². The molecule has 0 aliphatic heterocycles. The first-order valence-electron chi connectivity index (χ1n) is 6.92. The summed E-state index contributed by atoms with van der Waals surface area (Å²) in [5.74, 6) is -0.179. The summed E-state index contributed by atoms with van der Waals surface area (Å²) < 4.78 is 5.33. The average Bonchev–Trinajstić information content (AvgIpc) is 2.48. The van der Waals surface area contributed by atoms with E-state index in [0.717, 1.165) is 25.7 Å². The summed E-state index contributed by atoms with van der Waals surface area (Å²) in [7, 11) is 0. The van der Waals surface area contributed by atoms with E-state index in [1.165, 1.54) is 6.07 Å². The molecule has 1 atom stereocenters. The van der Waals surface area contributed by atoms with Crippen molar-refractivity contribution in [2.75, 3.05) is 6.61 Å². The number of esters is 1. The van der Waals surface area contributed by atoms with Crippen LogP contribution >= 0.6 is 46.4 Å². The van der Waals surface area contributed by atoms with Gasteiger partial charge in [-0.05, 0) is 18.4 Å². The largest absolute Gasteiger partial charge is 0.462 e. The summed E-state index contributed by atoms with van der Waals surface area (Å²) in [6, 6.07) is 1.38. The van der Waals surface area contributed by atoms with Crippen molar-refractivity contribution >= 4 is 52.4 Å². The number of rotatable bonds is 7. The van der Waals surface area contributed by atoms with Gasteiger partial charge in [0.25, 0.3) is 0 Å². The van der Waals surface area contributed by atoms with Crippen LogP contribution in [0.4, 0.5) is 0 Å². The highest BCUT2D eigenvalue weighted by atomic mass is 35.5. The Morgan fingerprint density at radius 2 is 1.81 bits per heavy atom. The molecule has 1 aromatic rings. The number of ether oxygens (including phenoxy) is 1. The predicted octanol–water partition coefficient (Wildman–Crippen LogP) is 6.67. The zero-order valence-electron chi connectivity index (χ0n) is 12.0. The Kier molecular flexibility index (Phi) is 8.18. The third kappa shape index (κ3) is 5.21. The molecule has 0 bridgehead atoms. The highest BCUT2D eigenvalue weighted by Gasteiger charge is 2.20. The minimum atomic E-state index is -0.532. The predicted molar refractivity (Wildman–Crippen MR) is 90.1 cm³/mol.